The van der Waals surface area contributed by atoms with Crippen LogP contribution in [0.1, 0.15) is 37.4 Å². The van der Waals surface area contributed by atoms with Gasteiger partial charge in [0.05, 0.1) is 6.04 Å². The normalized spacial score (nSPS) is 19.5. The minimum Gasteiger partial charge on any atom is -0.356 e. The Morgan fingerprint density at radius 1 is 1.21 bits per heavy atom. The summed E-state index contributed by atoms with van der Waals surface area (Å²) in [4.78, 5) is 25.8. The average molecular weight is 380 g/mol. The van der Waals surface area contributed by atoms with Gasteiger partial charge >= 0.3 is 0 Å². The lowest BCUT2D eigenvalue weighted by Gasteiger charge is -2.31. The molecule has 4 rings (SSSR count). The van der Waals surface area contributed by atoms with Gasteiger partial charge in [0.2, 0.25) is 11.6 Å². The summed E-state index contributed by atoms with van der Waals surface area (Å²) in [6.07, 6.45) is 12.3. The Hall–Kier alpha value is -2.86. The van der Waals surface area contributed by atoms with Gasteiger partial charge in [-0.3, -0.25) is 14.5 Å². The number of piperidine rings is 1. The Labute approximate surface area is 162 Å². The fourth-order valence-corrected chi connectivity index (χ4v) is 3.77. The fraction of sp³-hybridized carbons (Fsp3) is 0.318. The van der Waals surface area contributed by atoms with Crippen LogP contribution in [0.25, 0.3) is 11.0 Å². The van der Waals surface area contributed by atoms with Crippen molar-refractivity contribution in [2.45, 2.75) is 31.7 Å². The van der Waals surface area contributed by atoms with Gasteiger partial charge in [0.1, 0.15) is 11.5 Å². The third kappa shape index (κ3) is 3.73. The van der Waals surface area contributed by atoms with Crippen molar-refractivity contribution in [3.05, 3.63) is 65.7 Å². The van der Waals surface area contributed by atoms with E-state index in [0.717, 1.165) is 37.0 Å². The number of carbonyl (C=O) groups is 2. The summed E-state index contributed by atoms with van der Waals surface area (Å²) < 4.78 is 18.9. The van der Waals surface area contributed by atoms with Crippen LogP contribution in [0.5, 0.6) is 0 Å². The summed E-state index contributed by atoms with van der Waals surface area (Å²) in [5, 5.41) is 5.01. The van der Waals surface area contributed by atoms with Crippen LogP contribution in [0.3, 0.4) is 0 Å². The molecule has 2 aliphatic rings. The molecule has 1 unspecified atom stereocenters. The highest BCUT2D eigenvalue weighted by atomic mass is 19.1. The van der Waals surface area contributed by atoms with Gasteiger partial charge in [-0.25, -0.2) is 4.39 Å². The maximum Gasteiger partial charge on any atom is 0.229 e. The number of carbonyl (C=O) groups excluding carboxylic acids is 2. The summed E-state index contributed by atoms with van der Waals surface area (Å²) in [7, 11) is 0. The Morgan fingerprint density at radius 3 is 2.86 bits per heavy atom. The molecule has 0 N–H and O–H groups in total. The van der Waals surface area contributed by atoms with Gasteiger partial charge in [-0.1, -0.05) is 35.9 Å². The van der Waals surface area contributed by atoms with Crippen LogP contribution in [0.4, 0.5) is 4.39 Å². The number of ketones is 2. The van der Waals surface area contributed by atoms with Crippen molar-refractivity contribution in [2.75, 3.05) is 13.1 Å². The zero-order valence-electron chi connectivity index (χ0n) is 15.4. The highest BCUT2D eigenvalue weighted by Crippen LogP contribution is 2.31. The van der Waals surface area contributed by atoms with E-state index in [1.807, 2.05) is 12.2 Å². The van der Waals surface area contributed by atoms with Crippen molar-refractivity contribution < 1.29 is 18.5 Å². The van der Waals surface area contributed by atoms with Crippen molar-refractivity contribution in [3.63, 3.8) is 0 Å². The number of Topliss-reactive ketones (excluding diaryl/α,β-unsaturated/α-hetero) is 1. The molecule has 0 amide bonds. The van der Waals surface area contributed by atoms with Crippen molar-refractivity contribution >= 4 is 22.5 Å². The Balaban J connectivity index is 1.62. The van der Waals surface area contributed by atoms with E-state index >= 15 is 0 Å². The van der Waals surface area contributed by atoms with Gasteiger partial charge in [0.25, 0.3) is 0 Å². The Kier molecular flexibility index (Phi) is 5.30. The predicted molar refractivity (Wildman–Crippen MR) is 103 cm³/mol. The van der Waals surface area contributed by atoms with E-state index in [2.05, 4.69) is 10.1 Å². The molecule has 6 heteroatoms. The number of halogens is 1. The quantitative estimate of drug-likeness (QED) is 0.444. The smallest absolute Gasteiger partial charge is 0.229 e. The molecule has 1 aliphatic carbocycles. The number of rotatable bonds is 5. The molecule has 1 aliphatic heterocycles. The van der Waals surface area contributed by atoms with Crippen LogP contribution >= 0.6 is 0 Å². The molecule has 2 heterocycles. The van der Waals surface area contributed by atoms with Crippen LogP contribution in [-0.2, 0) is 9.59 Å². The van der Waals surface area contributed by atoms with E-state index < -0.39 is 11.6 Å². The summed E-state index contributed by atoms with van der Waals surface area (Å²) in [6, 6.07) is 4.31. The van der Waals surface area contributed by atoms with Crippen molar-refractivity contribution in [3.8, 4) is 0 Å². The van der Waals surface area contributed by atoms with E-state index in [9.17, 15) is 14.0 Å². The predicted octanol–water partition coefficient (Wildman–Crippen LogP) is 4.07. The number of aromatic nitrogens is 1. The molecule has 0 saturated carbocycles. The van der Waals surface area contributed by atoms with Crippen molar-refractivity contribution in [1.82, 2.24) is 10.1 Å². The molecule has 5 nitrogen and oxygen atoms in total. The minimum absolute atomic E-state index is 0.127. The van der Waals surface area contributed by atoms with E-state index in [1.54, 1.807) is 18.2 Å². The summed E-state index contributed by atoms with van der Waals surface area (Å²) in [6.45, 7) is 1.88. The summed E-state index contributed by atoms with van der Waals surface area (Å²) >= 11 is 0. The number of likely N-dealkylation sites (tertiary alicyclic amines) is 1. The second-order valence-electron chi connectivity index (χ2n) is 7.13. The van der Waals surface area contributed by atoms with Crippen LogP contribution in [0.2, 0.25) is 0 Å². The zero-order valence-corrected chi connectivity index (χ0v) is 15.4. The van der Waals surface area contributed by atoms with E-state index in [0.29, 0.717) is 17.6 Å². The maximum absolute atomic E-state index is 13.5. The van der Waals surface area contributed by atoms with Gasteiger partial charge in [0, 0.05) is 17.0 Å². The third-order valence-corrected chi connectivity index (χ3v) is 5.24. The van der Waals surface area contributed by atoms with Crippen LogP contribution in [0.15, 0.2) is 58.7 Å². The zero-order chi connectivity index (χ0) is 19.5. The molecule has 0 spiro atoms. The number of allylic oxidation sites excluding steroid dienone is 5. The molecule has 1 saturated heterocycles. The first-order valence-electron chi connectivity index (χ1n) is 9.55. The number of hydrogen-bond donors (Lipinski definition) is 0. The van der Waals surface area contributed by atoms with Crippen LogP contribution in [-0.4, -0.2) is 34.7 Å². The van der Waals surface area contributed by atoms with E-state index in [-0.39, 0.29) is 11.9 Å². The maximum atomic E-state index is 13.5. The van der Waals surface area contributed by atoms with Gasteiger partial charge in [-0.15, -0.1) is 0 Å². The molecular formula is C22H21FN2O3. The fourth-order valence-electron chi connectivity index (χ4n) is 3.77. The first-order chi connectivity index (χ1) is 13.6. The minimum atomic E-state index is -0.483. The molecule has 1 aromatic heterocycles. The average Bonchev–Trinajstić information content (AvgIpc) is 3.11. The standard InChI is InChI=1S/C22H21FN2O3/c23-16-10-11-17-20(14-16)28-24-21(17)18(25-12-2-1-3-13-25)8-4-6-15-7-5-9-19(26)22(15)27/h4-5,7-11,14,18H,1-3,6,12-13H2. The first-order valence-corrected chi connectivity index (χ1v) is 9.55. The third-order valence-electron chi connectivity index (χ3n) is 5.24. The summed E-state index contributed by atoms with van der Waals surface area (Å²) in [5.74, 6) is -1.30. The highest BCUT2D eigenvalue weighted by Gasteiger charge is 2.25. The first kappa shape index (κ1) is 18.5. The van der Waals surface area contributed by atoms with Crippen molar-refractivity contribution in [2.24, 2.45) is 0 Å². The molecule has 144 valence electrons. The molecule has 2 aromatic rings. The van der Waals surface area contributed by atoms with Gasteiger partial charge in [-0.05, 0) is 50.6 Å². The summed E-state index contributed by atoms with van der Waals surface area (Å²) in [5.41, 5.74) is 1.65. The monoisotopic (exact) mass is 380 g/mol. The lowest BCUT2D eigenvalue weighted by molar-refractivity contribution is -0.131. The second-order valence-corrected chi connectivity index (χ2v) is 7.13. The topological polar surface area (TPSA) is 63.4 Å². The SMILES string of the molecule is O=C1C=CC=C(CC=CC(c2noc3cc(F)ccc23)N2CCCCC2)C1=O. The number of benzene rings is 1. The van der Waals surface area contributed by atoms with Gasteiger partial charge < -0.3 is 4.52 Å². The molecule has 1 atom stereocenters. The van der Waals surface area contributed by atoms with E-state index in [1.165, 1.54) is 24.6 Å². The number of hydrogen-bond acceptors (Lipinski definition) is 5. The molecule has 28 heavy (non-hydrogen) atoms. The second kappa shape index (κ2) is 8.02. The van der Waals surface area contributed by atoms with Gasteiger partial charge in [0.15, 0.2) is 5.58 Å². The lowest BCUT2D eigenvalue weighted by atomic mass is 9.98. The molecule has 0 bridgehead atoms. The van der Waals surface area contributed by atoms with E-state index in [4.69, 9.17) is 4.52 Å². The lowest BCUT2D eigenvalue weighted by Crippen LogP contribution is -2.33. The molecule has 1 fully saturated rings. The molecular weight excluding hydrogens is 359 g/mol. The largest absolute Gasteiger partial charge is 0.356 e. The number of fused-ring (bicyclic) bond motifs is 1. The van der Waals surface area contributed by atoms with Crippen LogP contribution in [0, 0.1) is 5.82 Å². The Bertz CT molecular complexity index is 996. The van der Waals surface area contributed by atoms with Gasteiger partial charge in [-0.2, -0.15) is 0 Å². The molecule has 0 radical (unpaired) electrons. The molecule has 1 aromatic carbocycles. The number of nitrogens with zero attached hydrogens (tertiary/aromatic N) is 2. The highest BCUT2D eigenvalue weighted by molar-refractivity contribution is 6.48. The van der Waals surface area contributed by atoms with Crippen molar-refractivity contribution in [1.29, 1.82) is 0 Å². The van der Waals surface area contributed by atoms with Crippen LogP contribution < -0.4 is 0 Å². The Morgan fingerprint density at radius 2 is 2.04 bits per heavy atom.